The molecule has 0 saturated carbocycles. The smallest absolute Gasteiger partial charge is 0.101 e. The molecule has 2 unspecified atom stereocenters. The molecule has 1 aliphatic heterocycles. The molecule has 1 aliphatic carbocycles. The number of thiophene rings is 1. The summed E-state index contributed by atoms with van der Waals surface area (Å²) in [6.45, 7) is 0. The van der Waals surface area contributed by atoms with E-state index in [9.17, 15) is 5.26 Å². The molecule has 3 nitrogen and oxygen atoms in total. The van der Waals surface area contributed by atoms with Gasteiger partial charge in [0, 0.05) is 44.8 Å². The van der Waals surface area contributed by atoms with E-state index in [1.807, 2.05) is 17.4 Å². The number of nitrogens with zero attached hydrogens (tertiary/aromatic N) is 3. The van der Waals surface area contributed by atoms with Crippen molar-refractivity contribution in [3.05, 3.63) is 119 Å². The normalized spacial score (nSPS) is 17.8. The molecule has 3 heterocycles. The highest BCUT2D eigenvalue weighted by atomic mass is 32.1. The standard InChI is InChI=1S/C30H19N3S/c31-17-20-18-32-15-14-22(20)19-6-5-7-21(16-19)33-26-10-3-1-9-25(26)29-27(33)13-12-24-23-8-2-4-11-28(23)34-30(24)29/h1-16,18,27,29H. The fourth-order valence-corrected chi connectivity index (χ4v) is 6.86. The number of nitriles is 1. The van der Waals surface area contributed by atoms with Crippen LogP contribution in [-0.4, -0.2) is 11.0 Å². The molecule has 0 saturated heterocycles. The van der Waals surface area contributed by atoms with Crippen LogP contribution in [0, 0.1) is 11.3 Å². The van der Waals surface area contributed by atoms with Gasteiger partial charge in [0.25, 0.3) is 0 Å². The number of benzene rings is 3. The van der Waals surface area contributed by atoms with E-state index in [1.165, 1.54) is 31.8 Å². The van der Waals surface area contributed by atoms with E-state index in [2.05, 4.69) is 101 Å². The van der Waals surface area contributed by atoms with E-state index in [0.717, 1.165) is 16.8 Å². The zero-order valence-electron chi connectivity index (χ0n) is 18.2. The third-order valence-electron chi connectivity index (χ3n) is 6.95. The Morgan fingerprint density at radius 1 is 0.941 bits per heavy atom. The van der Waals surface area contributed by atoms with Crippen molar-refractivity contribution < 1.29 is 0 Å². The Kier molecular flexibility index (Phi) is 4.20. The Morgan fingerprint density at radius 2 is 1.82 bits per heavy atom. The Morgan fingerprint density at radius 3 is 2.76 bits per heavy atom. The summed E-state index contributed by atoms with van der Waals surface area (Å²) in [7, 11) is 0. The van der Waals surface area contributed by atoms with Crippen molar-refractivity contribution in [1.29, 1.82) is 5.26 Å². The fourth-order valence-electron chi connectivity index (χ4n) is 5.51. The monoisotopic (exact) mass is 453 g/mol. The highest BCUT2D eigenvalue weighted by Gasteiger charge is 2.42. The van der Waals surface area contributed by atoms with E-state index < -0.39 is 0 Å². The molecule has 0 spiro atoms. The molecule has 2 atom stereocenters. The predicted molar refractivity (Wildman–Crippen MR) is 139 cm³/mol. The molecule has 0 N–H and O–H groups in total. The summed E-state index contributed by atoms with van der Waals surface area (Å²) in [5.74, 6) is 0.299. The van der Waals surface area contributed by atoms with Gasteiger partial charge >= 0.3 is 0 Å². The van der Waals surface area contributed by atoms with Gasteiger partial charge in [0.15, 0.2) is 0 Å². The maximum atomic E-state index is 9.59. The van der Waals surface area contributed by atoms with Crippen LogP contribution in [0.5, 0.6) is 0 Å². The van der Waals surface area contributed by atoms with Gasteiger partial charge < -0.3 is 4.90 Å². The molecule has 34 heavy (non-hydrogen) atoms. The molecule has 3 aromatic carbocycles. The number of fused-ring (bicyclic) bond motifs is 7. The van der Waals surface area contributed by atoms with Crippen LogP contribution in [0.2, 0.25) is 0 Å². The average Bonchev–Trinajstić information content (AvgIpc) is 3.44. The molecule has 5 aromatic rings. The van der Waals surface area contributed by atoms with Gasteiger partial charge in [-0.3, -0.25) is 4.98 Å². The molecule has 0 bridgehead atoms. The van der Waals surface area contributed by atoms with Crippen LogP contribution in [0.1, 0.15) is 27.5 Å². The highest BCUT2D eigenvalue weighted by molar-refractivity contribution is 7.19. The summed E-state index contributed by atoms with van der Waals surface area (Å²) in [6, 6.07) is 30.4. The Balaban J connectivity index is 1.40. The molecular formula is C30H19N3S. The quantitative estimate of drug-likeness (QED) is 0.278. The lowest BCUT2D eigenvalue weighted by Gasteiger charge is -2.30. The first-order valence-electron chi connectivity index (χ1n) is 11.4. The van der Waals surface area contributed by atoms with E-state index in [4.69, 9.17) is 0 Å². The van der Waals surface area contributed by atoms with Crippen LogP contribution < -0.4 is 4.90 Å². The summed E-state index contributed by atoms with van der Waals surface area (Å²) < 4.78 is 1.34. The van der Waals surface area contributed by atoms with Crippen LogP contribution in [0.4, 0.5) is 11.4 Å². The number of pyridine rings is 1. The maximum absolute atomic E-state index is 9.59. The molecule has 2 aromatic heterocycles. The summed E-state index contributed by atoms with van der Waals surface area (Å²) >= 11 is 1.92. The Hall–Kier alpha value is -4.20. The summed E-state index contributed by atoms with van der Waals surface area (Å²) in [4.78, 5) is 8.03. The highest BCUT2D eigenvalue weighted by Crippen LogP contribution is 2.54. The molecule has 4 heteroatoms. The Bertz CT molecular complexity index is 1660. The van der Waals surface area contributed by atoms with Crippen molar-refractivity contribution in [2.45, 2.75) is 12.0 Å². The molecule has 7 rings (SSSR count). The molecule has 0 fully saturated rings. The van der Waals surface area contributed by atoms with E-state index >= 15 is 0 Å². The third kappa shape index (κ3) is 2.71. The number of aromatic nitrogens is 1. The summed E-state index contributed by atoms with van der Waals surface area (Å²) in [5.41, 5.74) is 7.65. The number of anilines is 2. The van der Waals surface area contributed by atoms with Crippen molar-refractivity contribution in [3.8, 4) is 17.2 Å². The Labute approximate surface area is 201 Å². The van der Waals surface area contributed by atoms with Crippen LogP contribution in [0.15, 0.2) is 97.3 Å². The van der Waals surface area contributed by atoms with E-state index in [0.29, 0.717) is 11.5 Å². The lowest BCUT2D eigenvalue weighted by Crippen LogP contribution is -2.30. The molecule has 160 valence electrons. The lowest BCUT2D eigenvalue weighted by atomic mass is 9.86. The minimum Gasteiger partial charge on any atom is -0.333 e. The van der Waals surface area contributed by atoms with Gasteiger partial charge in [-0.25, -0.2) is 0 Å². The molecule has 2 aliphatic rings. The predicted octanol–water partition coefficient (Wildman–Crippen LogP) is 7.51. The minimum atomic E-state index is 0.209. The van der Waals surface area contributed by atoms with Crippen molar-refractivity contribution in [1.82, 2.24) is 4.98 Å². The summed E-state index contributed by atoms with van der Waals surface area (Å²) in [5, 5.41) is 10.9. The van der Waals surface area contributed by atoms with Crippen molar-refractivity contribution >= 4 is 38.9 Å². The van der Waals surface area contributed by atoms with Gasteiger partial charge in [-0.1, -0.05) is 60.7 Å². The van der Waals surface area contributed by atoms with E-state index in [1.54, 1.807) is 12.4 Å². The SMILES string of the molecule is N#Cc1cnccc1-c1cccc(N2c3ccccc3C3c4sc5ccccc5c4C=CC32)c1. The number of rotatable bonds is 2. The second-order valence-corrected chi connectivity index (χ2v) is 9.80. The maximum Gasteiger partial charge on any atom is 0.101 e. The van der Waals surface area contributed by atoms with Crippen LogP contribution in [0.3, 0.4) is 0 Å². The first kappa shape index (κ1) is 19.3. The van der Waals surface area contributed by atoms with Gasteiger partial charge in [0.2, 0.25) is 0 Å². The topological polar surface area (TPSA) is 39.9 Å². The minimum absolute atomic E-state index is 0.209. The lowest BCUT2D eigenvalue weighted by molar-refractivity contribution is 0.737. The fraction of sp³-hybridized carbons (Fsp3) is 0.0667. The molecule has 0 radical (unpaired) electrons. The van der Waals surface area contributed by atoms with Crippen LogP contribution >= 0.6 is 11.3 Å². The number of para-hydroxylation sites is 1. The summed E-state index contributed by atoms with van der Waals surface area (Å²) in [6.07, 6.45) is 8.06. The van der Waals surface area contributed by atoms with Crippen molar-refractivity contribution in [3.63, 3.8) is 0 Å². The van der Waals surface area contributed by atoms with Gasteiger partial charge in [0.05, 0.1) is 11.6 Å². The van der Waals surface area contributed by atoms with Crippen molar-refractivity contribution in [2.24, 2.45) is 0 Å². The van der Waals surface area contributed by atoms with Gasteiger partial charge in [-0.05, 0) is 52.4 Å². The average molecular weight is 454 g/mol. The zero-order chi connectivity index (χ0) is 22.6. The number of hydrogen-bond acceptors (Lipinski definition) is 4. The van der Waals surface area contributed by atoms with Crippen LogP contribution in [-0.2, 0) is 0 Å². The second kappa shape index (κ2) is 7.41. The largest absolute Gasteiger partial charge is 0.333 e. The van der Waals surface area contributed by atoms with Gasteiger partial charge in [-0.2, -0.15) is 5.26 Å². The third-order valence-corrected chi connectivity index (χ3v) is 8.22. The molecular weight excluding hydrogens is 434 g/mol. The van der Waals surface area contributed by atoms with Crippen LogP contribution in [0.25, 0.3) is 27.3 Å². The first-order chi connectivity index (χ1) is 16.8. The van der Waals surface area contributed by atoms with E-state index in [-0.39, 0.29) is 6.04 Å². The van der Waals surface area contributed by atoms with Crippen molar-refractivity contribution in [2.75, 3.05) is 4.90 Å². The number of hydrogen-bond donors (Lipinski definition) is 0. The zero-order valence-corrected chi connectivity index (χ0v) is 19.0. The first-order valence-corrected chi connectivity index (χ1v) is 12.2. The molecule has 0 amide bonds. The van der Waals surface area contributed by atoms with Gasteiger partial charge in [0.1, 0.15) is 6.07 Å². The van der Waals surface area contributed by atoms with Gasteiger partial charge in [-0.15, -0.1) is 11.3 Å². The second-order valence-electron chi connectivity index (χ2n) is 8.72.